The largest absolute Gasteiger partial charge is 0.344 e. The van der Waals surface area contributed by atoms with Crippen LogP contribution in [0, 0.1) is 0 Å². The van der Waals surface area contributed by atoms with Gasteiger partial charge in [0, 0.05) is 50.9 Å². The molecule has 0 aromatic heterocycles. The van der Waals surface area contributed by atoms with E-state index in [9.17, 15) is 0 Å². The van der Waals surface area contributed by atoms with Crippen LogP contribution in [0.15, 0.2) is 142 Å². The number of rotatable bonds is 7. The predicted octanol–water partition coefficient (Wildman–Crippen LogP) is 9.88. The summed E-state index contributed by atoms with van der Waals surface area (Å²) in [6, 6.07) is 28.4. The Bertz CT molecular complexity index is 1710. The van der Waals surface area contributed by atoms with E-state index in [1.165, 1.54) is 54.9 Å². The predicted molar refractivity (Wildman–Crippen MR) is 181 cm³/mol. The summed E-state index contributed by atoms with van der Waals surface area (Å²) in [5, 5.41) is 0. The summed E-state index contributed by atoms with van der Waals surface area (Å²) in [6.07, 6.45) is 13.9. The van der Waals surface area contributed by atoms with Crippen molar-refractivity contribution in [1.82, 2.24) is 0 Å². The number of nitrogens with zero attached hydrogens (tertiary/aromatic N) is 2. The number of allylic oxidation sites excluding steroid dienone is 9. The molecule has 2 heterocycles. The highest BCUT2D eigenvalue weighted by Gasteiger charge is 2.43. The maximum atomic E-state index is 2.47. The lowest BCUT2D eigenvalue weighted by Crippen LogP contribution is -2.27. The highest BCUT2D eigenvalue weighted by Crippen LogP contribution is 2.48. The van der Waals surface area contributed by atoms with E-state index in [0.717, 1.165) is 13.1 Å². The molecule has 1 aliphatic carbocycles. The molecule has 2 aliphatic heterocycles. The minimum atomic E-state index is -0.0471. The molecule has 3 aromatic carbocycles. The summed E-state index contributed by atoms with van der Waals surface area (Å²) >= 11 is 1.85. The molecule has 3 aromatic rings. The van der Waals surface area contributed by atoms with Gasteiger partial charge in [-0.15, -0.1) is 0 Å². The molecule has 212 valence electrons. The zero-order valence-corrected chi connectivity index (χ0v) is 26.5. The molecule has 0 atom stereocenters. The molecule has 0 fully saturated rings. The standard InChI is InChI=1S/C39H41N2S/c1-7-40-33-20-14-12-18-31(33)38(3,4)35(40)26-24-28-22-23-29(37(28)42-30-16-10-9-11-17-30)25-27-36-39(5,6)32-19-13-15-21-34(32)41(36)8-2/h9-27H,7-8H2,1-6H3/q+1. The fraction of sp³-hybridized carbons (Fsp3) is 0.256. The van der Waals surface area contributed by atoms with Crippen molar-refractivity contribution >= 4 is 28.8 Å². The van der Waals surface area contributed by atoms with Crippen LogP contribution in [0.25, 0.3) is 0 Å². The Labute approximate surface area is 256 Å². The molecule has 0 amide bonds. The Kier molecular flexibility index (Phi) is 7.49. The third-order valence-corrected chi connectivity index (χ3v) is 10.2. The van der Waals surface area contributed by atoms with Gasteiger partial charge in [-0.2, -0.15) is 4.58 Å². The molecule has 0 N–H and O–H groups in total. The molecule has 0 saturated heterocycles. The average molecular weight is 570 g/mol. The van der Waals surface area contributed by atoms with Crippen molar-refractivity contribution in [3.8, 4) is 0 Å². The topological polar surface area (TPSA) is 6.25 Å². The van der Waals surface area contributed by atoms with Gasteiger partial charge in [-0.05, 0) is 74.8 Å². The Balaban J connectivity index is 1.41. The van der Waals surface area contributed by atoms with Crippen LogP contribution in [-0.2, 0) is 10.8 Å². The van der Waals surface area contributed by atoms with Crippen molar-refractivity contribution in [3.63, 3.8) is 0 Å². The third-order valence-electron chi connectivity index (χ3n) is 9.00. The van der Waals surface area contributed by atoms with E-state index in [1.54, 1.807) is 0 Å². The molecule has 42 heavy (non-hydrogen) atoms. The highest BCUT2D eigenvalue weighted by molar-refractivity contribution is 8.03. The van der Waals surface area contributed by atoms with E-state index in [2.05, 4.69) is 166 Å². The summed E-state index contributed by atoms with van der Waals surface area (Å²) in [7, 11) is 0. The minimum Gasteiger partial charge on any atom is -0.344 e. The van der Waals surface area contributed by atoms with Crippen LogP contribution >= 0.6 is 11.8 Å². The first-order valence-electron chi connectivity index (χ1n) is 15.1. The second-order valence-corrected chi connectivity index (χ2v) is 13.3. The normalized spacial score (nSPS) is 20.5. The highest BCUT2D eigenvalue weighted by atomic mass is 32.2. The van der Waals surface area contributed by atoms with Crippen molar-refractivity contribution in [2.45, 2.75) is 57.3 Å². The second kappa shape index (κ2) is 11.1. The van der Waals surface area contributed by atoms with E-state index < -0.39 is 0 Å². The smallest absolute Gasteiger partial charge is 0.209 e. The minimum absolute atomic E-state index is 0.0471. The Morgan fingerprint density at radius 2 is 1.43 bits per heavy atom. The lowest BCUT2D eigenvalue weighted by atomic mass is 9.81. The number of thioether (sulfide) groups is 1. The molecule has 6 rings (SSSR count). The molecule has 0 unspecified atom stereocenters. The van der Waals surface area contributed by atoms with Gasteiger partial charge < -0.3 is 4.90 Å². The van der Waals surface area contributed by atoms with Gasteiger partial charge in [-0.1, -0.05) is 98.4 Å². The van der Waals surface area contributed by atoms with Crippen molar-refractivity contribution in [1.29, 1.82) is 0 Å². The Hall–Kier alpha value is -3.82. The SMILES string of the molecule is CCN1/C(=C/C=C2\C=CC(/C=C/C3=[N+](CC)c4ccccc4C3(C)C)=C2Sc2ccccc2)C(C)(C)c2ccccc21. The quantitative estimate of drug-likeness (QED) is 0.261. The molecule has 0 spiro atoms. The second-order valence-electron chi connectivity index (χ2n) is 12.2. The fourth-order valence-electron chi connectivity index (χ4n) is 6.79. The number of hydrogen-bond donors (Lipinski definition) is 0. The summed E-state index contributed by atoms with van der Waals surface area (Å²) < 4.78 is 2.47. The van der Waals surface area contributed by atoms with Gasteiger partial charge in [-0.25, -0.2) is 0 Å². The lowest BCUT2D eigenvalue weighted by molar-refractivity contribution is -0.433. The molecular weight excluding hydrogens is 529 g/mol. The van der Waals surface area contributed by atoms with Crippen LogP contribution in [0.5, 0.6) is 0 Å². The number of likely N-dealkylation sites (N-methyl/N-ethyl adjacent to an activating group) is 1. The average Bonchev–Trinajstić information content (AvgIpc) is 3.56. The molecule has 0 bridgehead atoms. The first kappa shape index (κ1) is 28.3. The number of fused-ring (bicyclic) bond motifs is 2. The zero-order valence-electron chi connectivity index (χ0n) is 25.7. The molecule has 0 radical (unpaired) electrons. The number of benzene rings is 3. The third kappa shape index (κ3) is 4.74. The van der Waals surface area contributed by atoms with Gasteiger partial charge >= 0.3 is 0 Å². The first-order chi connectivity index (χ1) is 20.3. The number of hydrogen-bond acceptors (Lipinski definition) is 2. The van der Waals surface area contributed by atoms with Gasteiger partial charge in [0.1, 0.15) is 6.54 Å². The van der Waals surface area contributed by atoms with Crippen molar-refractivity contribution < 1.29 is 4.58 Å². The Morgan fingerprint density at radius 1 is 0.738 bits per heavy atom. The molecule has 0 saturated carbocycles. The lowest BCUT2D eigenvalue weighted by Gasteiger charge is -2.26. The fourth-order valence-corrected chi connectivity index (χ4v) is 7.82. The summed E-state index contributed by atoms with van der Waals surface area (Å²) in [5.41, 5.74) is 10.6. The van der Waals surface area contributed by atoms with Crippen LogP contribution in [0.4, 0.5) is 11.4 Å². The van der Waals surface area contributed by atoms with Gasteiger partial charge in [0.25, 0.3) is 0 Å². The van der Waals surface area contributed by atoms with E-state index >= 15 is 0 Å². The van der Waals surface area contributed by atoms with Crippen molar-refractivity contribution in [3.05, 3.63) is 148 Å². The Morgan fingerprint density at radius 3 is 2.17 bits per heavy atom. The van der Waals surface area contributed by atoms with Crippen molar-refractivity contribution in [2.75, 3.05) is 18.0 Å². The van der Waals surface area contributed by atoms with E-state index in [4.69, 9.17) is 0 Å². The van der Waals surface area contributed by atoms with E-state index in [0.29, 0.717) is 0 Å². The van der Waals surface area contributed by atoms with Crippen LogP contribution in [0.2, 0.25) is 0 Å². The van der Waals surface area contributed by atoms with Crippen molar-refractivity contribution in [2.24, 2.45) is 0 Å². The van der Waals surface area contributed by atoms with Gasteiger partial charge in [0.05, 0.1) is 5.41 Å². The van der Waals surface area contributed by atoms with Gasteiger partial charge in [0.15, 0.2) is 5.71 Å². The monoisotopic (exact) mass is 569 g/mol. The number of anilines is 1. The summed E-state index contributed by atoms with van der Waals surface area (Å²) in [6.45, 7) is 15.8. The van der Waals surface area contributed by atoms with E-state index in [1.807, 2.05) is 11.8 Å². The molecular formula is C39H41N2S+. The van der Waals surface area contributed by atoms with E-state index in [-0.39, 0.29) is 10.8 Å². The molecule has 3 heteroatoms. The van der Waals surface area contributed by atoms with Crippen LogP contribution < -0.4 is 4.90 Å². The first-order valence-corrected chi connectivity index (χ1v) is 16.0. The van der Waals surface area contributed by atoms with Gasteiger partial charge in [0.2, 0.25) is 5.69 Å². The zero-order chi connectivity index (χ0) is 29.5. The number of para-hydroxylation sites is 2. The molecule has 2 nitrogen and oxygen atoms in total. The van der Waals surface area contributed by atoms with Crippen LogP contribution in [0.3, 0.4) is 0 Å². The van der Waals surface area contributed by atoms with Crippen LogP contribution in [0.1, 0.15) is 52.7 Å². The van der Waals surface area contributed by atoms with Gasteiger partial charge in [-0.3, -0.25) is 0 Å². The summed E-state index contributed by atoms with van der Waals surface area (Å²) in [5.74, 6) is 0. The van der Waals surface area contributed by atoms with Crippen LogP contribution in [-0.4, -0.2) is 23.4 Å². The maximum Gasteiger partial charge on any atom is 0.209 e. The molecule has 3 aliphatic rings. The maximum absolute atomic E-state index is 2.47. The summed E-state index contributed by atoms with van der Waals surface area (Å²) in [4.78, 5) is 5.01.